The van der Waals surface area contributed by atoms with Crippen molar-refractivity contribution >= 4 is 23.5 Å². The predicted octanol–water partition coefficient (Wildman–Crippen LogP) is 3.14. The summed E-state index contributed by atoms with van der Waals surface area (Å²) < 4.78 is 12.9. The summed E-state index contributed by atoms with van der Waals surface area (Å²) in [6.45, 7) is 4.08. The van der Waals surface area contributed by atoms with Gasteiger partial charge in [0.25, 0.3) is 0 Å². The highest BCUT2D eigenvalue weighted by Crippen LogP contribution is 2.38. The van der Waals surface area contributed by atoms with Crippen LogP contribution in [0.25, 0.3) is 0 Å². The summed E-state index contributed by atoms with van der Waals surface area (Å²) >= 11 is 0. The van der Waals surface area contributed by atoms with Gasteiger partial charge in [-0.3, -0.25) is 14.5 Å². The molecular weight excluding hydrogens is 526 g/mol. The largest absolute Gasteiger partial charge is 0.481 e. The standard InChI is InChI=1S/C30H35N5O6/c36-20-21-5-7-22(8-6-21)26-18-25(19-34-13-15-35(16-14-34)30-31-11-2-12-32-30)40-29(41-26)23-3-1-4-24(17-23)33-27(37)9-10-28(38)39/h1-8,11-12,17,25-26,29,36H,9-10,13-16,18-20H2,(H,33,37)(H,38,39)/t25-,26+,29+/m1/s1. The van der Waals surface area contributed by atoms with Crippen molar-refractivity contribution in [3.63, 3.8) is 0 Å². The molecule has 5 rings (SSSR count). The lowest BCUT2D eigenvalue weighted by molar-refractivity contribution is -0.253. The lowest BCUT2D eigenvalue weighted by atomic mass is 9.99. The van der Waals surface area contributed by atoms with E-state index in [-0.39, 0.29) is 37.6 Å². The van der Waals surface area contributed by atoms with E-state index in [2.05, 4.69) is 25.1 Å². The molecule has 2 aliphatic rings. The molecule has 3 heterocycles. The maximum absolute atomic E-state index is 12.2. The number of nitrogens with zero attached hydrogens (tertiary/aromatic N) is 4. The van der Waals surface area contributed by atoms with Gasteiger partial charge in [0.2, 0.25) is 11.9 Å². The zero-order valence-electron chi connectivity index (χ0n) is 22.8. The van der Waals surface area contributed by atoms with Gasteiger partial charge in [-0.1, -0.05) is 36.4 Å². The molecule has 11 heteroatoms. The number of ether oxygens (including phenoxy) is 2. The van der Waals surface area contributed by atoms with Crippen molar-refractivity contribution in [1.82, 2.24) is 14.9 Å². The van der Waals surface area contributed by atoms with Crippen LogP contribution >= 0.6 is 0 Å². The Morgan fingerprint density at radius 1 is 0.927 bits per heavy atom. The summed E-state index contributed by atoms with van der Waals surface area (Å²) in [6, 6.07) is 16.8. The summed E-state index contributed by atoms with van der Waals surface area (Å²) in [5.74, 6) is -0.637. The van der Waals surface area contributed by atoms with Crippen LogP contribution in [0.1, 0.15) is 48.3 Å². The molecule has 0 aliphatic carbocycles. The molecule has 1 amide bonds. The van der Waals surface area contributed by atoms with E-state index < -0.39 is 12.3 Å². The zero-order valence-corrected chi connectivity index (χ0v) is 22.8. The number of aromatic nitrogens is 2. The molecule has 0 unspecified atom stereocenters. The minimum Gasteiger partial charge on any atom is -0.481 e. The number of carbonyl (C=O) groups is 2. The van der Waals surface area contributed by atoms with Gasteiger partial charge in [0.15, 0.2) is 6.29 Å². The first-order valence-electron chi connectivity index (χ1n) is 13.8. The van der Waals surface area contributed by atoms with Gasteiger partial charge in [0.05, 0.1) is 25.2 Å². The first kappa shape index (κ1) is 28.6. The van der Waals surface area contributed by atoms with E-state index in [4.69, 9.17) is 14.6 Å². The molecule has 0 bridgehead atoms. The molecule has 1 aromatic heterocycles. The summed E-state index contributed by atoms with van der Waals surface area (Å²) in [7, 11) is 0. The SMILES string of the molecule is O=C(O)CCC(=O)Nc1cccc([C@H]2O[C@@H](CN3CCN(c4ncccn4)CC3)C[C@@H](c3ccc(CO)cc3)O2)c1. The fourth-order valence-electron chi connectivity index (χ4n) is 5.11. The molecule has 3 aromatic rings. The van der Waals surface area contributed by atoms with Crippen molar-refractivity contribution < 1.29 is 29.3 Å². The van der Waals surface area contributed by atoms with Gasteiger partial charge in [-0.2, -0.15) is 0 Å². The summed E-state index contributed by atoms with van der Waals surface area (Å²) in [5.41, 5.74) is 3.15. The number of aliphatic carboxylic acids is 1. The number of benzene rings is 2. The maximum atomic E-state index is 12.2. The zero-order chi connectivity index (χ0) is 28.6. The average Bonchev–Trinajstić information content (AvgIpc) is 3.01. The van der Waals surface area contributed by atoms with Gasteiger partial charge in [0.1, 0.15) is 0 Å². The van der Waals surface area contributed by atoms with Crippen LogP contribution in [0.5, 0.6) is 0 Å². The van der Waals surface area contributed by atoms with Gasteiger partial charge < -0.3 is 29.9 Å². The van der Waals surface area contributed by atoms with E-state index in [0.717, 1.165) is 55.4 Å². The van der Waals surface area contributed by atoms with Crippen LogP contribution in [-0.2, 0) is 25.7 Å². The first-order chi connectivity index (χ1) is 20.0. The highest BCUT2D eigenvalue weighted by Gasteiger charge is 2.34. The van der Waals surface area contributed by atoms with Crippen molar-refractivity contribution in [3.8, 4) is 0 Å². The van der Waals surface area contributed by atoms with Crippen LogP contribution < -0.4 is 10.2 Å². The Morgan fingerprint density at radius 3 is 2.39 bits per heavy atom. The molecule has 41 heavy (non-hydrogen) atoms. The molecular formula is C30H35N5O6. The summed E-state index contributed by atoms with van der Waals surface area (Å²) in [6.07, 6.45) is 2.86. The number of carboxylic acid groups (broad SMARTS) is 1. The van der Waals surface area contributed by atoms with Crippen molar-refractivity contribution in [2.24, 2.45) is 0 Å². The van der Waals surface area contributed by atoms with Gasteiger partial charge in [-0.05, 0) is 29.3 Å². The first-order valence-corrected chi connectivity index (χ1v) is 13.8. The Balaban J connectivity index is 1.28. The van der Waals surface area contributed by atoms with Crippen LogP contribution in [-0.4, -0.2) is 75.8 Å². The lowest BCUT2D eigenvalue weighted by Gasteiger charge is -2.40. The molecule has 2 fully saturated rings. The molecule has 2 saturated heterocycles. The third-order valence-electron chi connectivity index (χ3n) is 7.29. The second-order valence-electron chi connectivity index (χ2n) is 10.3. The van der Waals surface area contributed by atoms with Crippen LogP contribution in [0.3, 0.4) is 0 Å². The number of rotatable bonds is 10. The van der Waals surface area contributed by atoms with E-state index in [0.29, 0.717) is 12.1 Å². The topological polar surface area (TPSA) is 137 Å². The number of nitrogens with one attached hydrogen (secondary N) is 1. The van der Waals surface area contributed by atoms with Gasteiger partial charge in [-0.15, -0.1) is 0 Å². The van der Waals surface area contributed by atoms with Crippen LogP contribution in [0.4, 0.5) is 11.6 Å². The number of aliphatic hydroxyl groups excluding tert-OH is 1. The molecule has 216 valence electrons. The monoisotopic (exact) mass is 561 g/mol. The third-order valence-corrected chi connectivity index (χ3v) is 7.29. The van der Waals surface area contributed by atoms with E-state index >= 15 is 0 Å². The fraction of sp³-hybridized carbons (Fsp3) is 0.400. The molecule has 3 atom stereocenters. The van der Waals surface area contributed by atoms with Crippen molar-refractivity contribution in [1.29, 1.82) is 0 Å². The van der Waals surface area contributed by atoms with E-state index in [1.165, 1.54) is 0 Å². The second-order valence-corrected chi connectivity index (χ2v) is 10.3. The number of carbonyl (C=O) groups excluding carboxylic acids is 1. The highest BCUT2D eigenvalue weighted by atomic mass is 16.7. The van der Waals surface area contributed by atoms with Gasteiger partial charge in [0, 0.05) is 69.2 Å². The Hall–Kier alpha value is -3.90. The Morgan fingerprint density at radius 2 is 1.68 bits per heavy atom. The summed E-state index contributed by atoms with van der Waals surface area (Å²) in [4.78, 5) is 36.3. The Bertz CT molecular complexity index is 1300. The molecule has 3 N–H and O–H groups in total. The number of anilines is 2. The number of hydrogen-bond acceptors (Lipinski definition) is 9. The van der Waals surface area contributed by atoms with Gasteiger partial charge in [-0.25, -0.2) is 9.97 Å². The number of aliphatic hydroxyl groups is 1. The molecule has 2 aromatic carbocycles. The third kappa shape index (κ3) is 7.86. The molecule has 11 nitrogen and oxygen atoms in total. The smallest absolute Gasteiger partial charge is 0.303 e. The van der Waals surface area contributed by atoms with Crippen LogP contribution in [0.2, 0.25) is 0 Å². The minimum atomic E-state index is -1.02. The molecule has 0 saturated carbocycles. The number of amides is 1. The second kappa shape index (κ2) is 13.6. The van der Waals surface area contributed by atoms with E-state index in [1.807, 2.05) is 42.5 Å². The van der Waals surface area contributed by atoms with Crippen LogP contribution in [0, 0.1) is 0 Å². The normalized spacial score (nSPS) is 21.4. The maximum Gasteiger partial charge on any atom is 0.303 e. The van der Waals surface area contributed by atoms with E-state index in [9.17, 15) is 14.7 Å². The predicted molar refractivity (Wildman–Crippen MR) is 151 cm³/mol. The summed E-state index contributed by atoms with van der Waals surface area (Å²) in [5, 5.41) is 21.1. The Kier molecular flexibility index (Phi) is 9.52. The van der Waals surface area contributed by atoms with Gasteiger partial charge >= 0.3 is 5.97 Å². The fourth-order valence-corrected chi connectivity index (χ4v) is 5.11. The van der Waals surface area contributed by atoms with E-state index in [1.54, 1.807) is 24.5 Å². The number of hydrogen-bond donors (Lipinski definition) is 3. The number of piperazine rings is 1. The average molecular weight is 562 g/mol. The minimum absolute atomic E-state index is 0.0227. The molecule has 0 radical (unpaired) electrons. The Labute approximate surface area is 238 Å². The van der Waals surface area contributed by atoms with Crippen molar-refractivity contribution in [2.75, 3.05) is 42.9 Å². The lowest BCUT2D eigenvalue weighted by Crippen LogP contribution is -2.50. The number of carboxylic acids is 1. The van der Waals surface area contributed by atoms with Crippen molar-refractivity contribution in [3.05, 3.63) is 83.7 Å². The molecule has 0 spiro atoms. The van der Waals surface area contributed by atoms with Crippen molar-refractivity contribution in [2.45, 2.75) is 44.4 Å². The van der Waals surface area contributed by atoms with Crippen LogP contribution in [0.15, 0.2) is 67.0 Å². The highest BCUT2D eigenvalue weighted by molar-refractivity contribution is 5.92. The quantitative estimate of drug-likeness (QED) is 0.339. The molecule has 2 aliphatic heterocycles.